The lowest BCUT2D eigenvalue weighted by Gasteiger charge is -2.21. The van der Waals surface area contributed by atoms with Crippen molar-refractivity contribution in [3.8, 4) is 0 Å². The van der Waals surface area contributed by atoms with Gasteiger partial charge in [0.2, 0.25) is 0 Å². The average Bonchev–Trinajstić information content (AvgIpc) is 3.32. The molecule has 2 atom stereocenters. The Morgan fingerprint density at radius 1 is 0.318 bits per heavy atom. The zero-order valence-electron chi connectivity index (χ0n) is 43.4. The predicted octanol–water partition coefficient (Wildman–Crippen LogP) is 20.0. The first-order valence-electron chi connectivity index (χ1n) is 28.3. The van der Waals surface area contributed by atoms with E-state index >= 15 is 0 Å². The van der Waals surface area contributed by atoms with E-state index in [0.717, 1.165) is 11.4 Å². The number of rotatable bonds is 39. The van der Waals surface area contributed by atoms with E-state index in [1.165, 1.54) is 263 Å². The van der Waals surface area contributed by atoms with E-state index in [-0.39, 0.29) is 0 Å². The van der Waals surface area contributed by atoms with E-state index in [0.29, 0.717) is 11.8 Å². The third-order valence-corrected chi connectivity index (χ3v) is 15.0. The highest BCUT2D eigenvalue weighted by molar-refractivity contribution is 5.49. The number of benzene rings is 4. The van der Waals surface area contributed by atoms with E-state index in [2.05, 4.69) is 113 Å². The quantitative estimate of drug-likeness (QED) is 0.0346. The van der Waals surface area contributed by atoms with Crippen LogP contribution in [0.25, 0.3) is 0 Å². The summed E-state index contributed by atoms with van der Waals surface area (Å²) in [5.74, 6) is 0.934. The number of nitrogens with two attached hydrogens (primary N) is 2. The van der Waals surface area contributed by atoms with Crippen molar-refractivity contribution in [2.45, 2.75) is 258 Å². The molecule has 2 heteroatoms. The first-order valence-corrected chi connectivity index (χ1v) is 28.3. The van der Waals surface area contributed by atoms with E-state index in [1.54, 1.807) is 0 Å². The van der Waals surface area contributed by atoms with Crippen LogP contribution < -0.4 is 11.5 Å². The molecule has 4 aromatic carbocycles. The number of nitrogen functional groups attached to an aromatic ring is 2. The number of unbranched alkanes of at least 4 members (excludes halogenated alkanes) is 27. The zero-order chi connectivity index (χ0) is 46.9. The summed E-state index contributed by atoms with van der Waals surface area (Å²) in [7, 11) is 0. The summed E-state index contributed by atoms with van der Waals surface area (Å²) in [5, 5.41) is 0. The molecule has 0 heterocycles. The van der Waals surface area contributed by atoms with Crippen molar-refractivity contribution >= 4 is 11.4 Å². The number of hydrogen-bond donors (Lipinski definition) is 2. The summed E-state index contributed by atoms with van der Waals surface area (Å²) in [4.78, 5) is 0. The van der Waals surface area contributed by atoms with Crippen LogP contribution in [0.2, 0.25) is 0 Å². The molecule has 2 nitrogen and oxygen atoms in total. The van der Waals surface area contributed by atoms with E-state index < -0.39 is 0 Å². The molecule has 0 aromatic heterocycles. The van der Waals surface area contributed by atoms with Crippen molar-refractivity contribution in [3.63, 3.8) is 0 Å². The van der Waals surface area contributed by atoms with Crippen LogP contribution in [0.3, 0.4) is 0 Å². The predicted molar refractivity (Wildman–Crippen MR) is 294 cm³/mol. The fourth-order valence-corrected chi connectivity index (χ4v) is 10.8. The van der Waals surface area contributed by atoms with Crippen LogP contribution in [0.4, 0.5) is 11.4 Å². The molecule has 0 fully saturated rings. The molecular formula is C64H100N2. The molecule has 0 saturated carbocycles. The van der Waals surface area contributed by atoms with Crippen molar-refractivity contribution in [3.05, 3.63) is 129 Å². The molecule has 0 aliphatic rings. The second-order valence-electron chi connectivity index (χ2n) is 20.8. The summed E-state index contributed by atoms with van der Waals surface area (Å²) in [6, 6.07) is 32.4. The van der Waals surface area contributed by atoms with Crippen molar-refractivity contribution in [2.75, 3.05) is 11.5 Å². The van der Waals surface area contributed by atoms with Gasteiger partial charge in [-0.15, -0.1) is 0 Å². The fourth-order valence-electron chi connectivity index (χ4n) is 10.8. The van der Waals surface area contributed by atoms with E-state index in [4.69, 9.17) is 11.5 Å². The molecule has 4 rings (SSSR count). The normalized spacial score (nSPS) is 12.5. The molecule has 0 aliphatic heterocycles. The largest absolute Gasteiger partial charge is 0.399 e. The molecule has 366 valence electrons. The molecule has 4 aromatic rings. The Morgan fingerprint density at radius 2 is 0.591 bits per heavy atom. The maximum atomic E-state index is 6.13. The zero-order valence-corrected chi connectivity index (χ0v) is 43.4. The van der Waals surface area contributed by atoms with Gasteiger partial charge in [-0.3, -0.25) is 0 Å². The molecule has 66 heavy (non-hydrogen) atoms. The van der Waals surface area contributed by atoms with Gasteiger partial charge < -0.3 is 11.5 Å². The van der Waals surface area contributed by atoms with Gasteiger partial charge in [-0.25, -0.2) is 0 Å². The van der Waals surface area contributed by atoms with Crippen molar-refractivity contribution in [2.24, 2.45) is 0 Å². The molecule has 0 spiro atoms. The maximum absolute atomic E-state index is 6.13. The van der Waals surface area contributed by atoms with Gasteiger partial charge in [0.1, 0.15) is 0 Å². The van der Waals surface area contributed by atoms with Crippen LogP contribution in [-0.2, 0) is 12.8 Å². The number of anilines is 2. The first-order chi connectivity index (χ1) is 32.4. The molecule has 2 unspecified atom stereocenters. The lowest BCUT2D eigenvalue weighted by atomic mass is 9.84. The molecule has 0 radical (unpaired) electrons. The van der Waals surface area contributed by atoms with Crippen molar-refractivity contribution < 1.29 is 0 Å². The molecular weight excluding hydrogens is 797 g/mol. The van der Waals surface area contributed by atoms with Crippen molar-refractivity contribution in [1.29, 1.82) is 0 Å². The molecule has 0 aliphatic carbocycles. The Labute approximate surface area is 408 Å². The SMILES string of the molecule is CCCCCCCCC(c1ccc(CCCCCCCCCCCCCCCCCCCCc2ccc(C(CCCCCCCC)c3ccc(N)cc3C)cc2)cc1)c1ccc(N)cc1C. The Morgan fingerprint density at radius 3 is 0.879 bits per heavy atom. The van der Waals surface area contributed by atoms with Gasteiger partial charge in [-0.2, -0.15) is 0 Å². The highest BCUT2D eigenvalue weighted by Crippen LogP contribution is 2.35. The van der Waals surface area contributed by atoms with Gasteiger partial charge in [0.25, 0.3) is 0 Å². The topological polar surface area (TPSA) is 52.0 Å². The Hall–Kier alpha value is -3.52. The van der Waals surface area contributed by atoms with Crippen LogP contribution >= 0.6 is 0 Å². The minimum atomic E-state index is 0.467. The minimum Gasteiger partial charge on any atom is -0.399 e. The first kappa shape index (κ1) is 55.1. The van der Waals surface area contributed by atoms with E-state index in [9.17, 15) is 0 Å². The van der Waals surface area contributed by atoms with Gasteiger partial charge in [0, 0.05) is 23.2 Å². The fraction of sp³-hybridized carbons (Fsp3) is 0.625. The Bertz CT molecular complexity index is 1650. The van der Waals surface area contributed by atoms with Crippen molar-refractivity contribution in [1.82, 2.24) is 0 Å². The summed E-state index contributed by atoms with van der Waals surface area (Å²) in [6.45, 7) is 9.07. The summed E-state index contributed by atoms with van der Waals surface area (Å²) in [5.41, 5.74) is 25.5. The third-order valence-electron chi connectivity index (χ3n) is 15.0. The van der Waals surface area contributed by atoms with Crippen LogP contribution in [0.1, 0.15) is 276 Å². The minimum absolute atomic E-state index is 0.467. The van der Waals surface area contributed by atoms with Gasteiger partial charge in [-0.1, -0.05) is 254 Å². The molecule has 4 N–H and O–H groups in total. The van der Waals surface area contributed by atoms with Crippen LogP contribution in [0.5, 0.6) is 0 Å². The monoisotopic (exact) mass is 897 g/mol. The number of aryl methyl sites for hydroxylation is 4. The molecule has 0 amide bonds. The van der Waals surface area contributed by atoms with Gasteiger partial charge in [0.05, 0.1) is 0 Å². The smallest absolute Gasteiger partial charge is 0.0316 e. The average molecular weight is 898 g/mol. The van der Waals surface area contributed by atoms with Gasteiger partial charge >= 0.3 is 0 Å². The van der Waals surface area contributed by atoms with Crippen LogP contribution in [0, 0.1) is 13.8 Å². The van der Waals surface area contributed by atoms with Crippen LogP contribution in [-0.4, -0.2) is 0 Å². The Balaban J connectivity index is 0.956. The number of hydrogen-bond acceptors (Lipinski definition) is 2. The highest BCUT2D eigenvalue weighted by Gasteiger charge is 2.18. The summed E-state index contributed by atoms with van der Waals surface area (Å²) in [6.07, 6.45) is 46.4. The second-order valence-corrected chi connectivity index (χ2v) is 20.8. The lowest BCUT2D eigenvalue weighted by Crippen LogP contribution is -2.05. The maximum Gasteiger partial charge on any atom is 0.0316 e. The Kier molecular flexibility index (Phi) is 29.0. The second kappa shape index (κ2) is 34.7. The van der Waals surface area contributed by atoms with Crippen LogP contribution in [0.15, 0.2) is 84.9 Å². The van der Waals surface area contributed by atoms with E-state index in [1.807, 2.05) is 0 Å². The molecule has 0 bridgehead atoms. The van der Waals surface area contributed by atoms with Gasteiger partial charge in [-0.05, 0) is 121 Å². The highest BCUT2D eigenvalue weighted by atomic mass is 14.5. The van der Waals surface area contributed by atoms with Gasteiger partial charge in [0.15, 0.2) is 0 Å². The standard InChI is InChI=1S/C64H100N2/c1-5-7-9-11-29-33-37-63(61-49-47-59(65)51-53(61)3)57-43-39-55(40-44-57)35-31-27-25-23-21-19-17-15-13-14-16-18-20-22-24-26-28-32-36-56-41-45-58(46-42-56)64(38-34-30-12-10-8-6-2)62-50-48-60(66)52-54(62)4/h39-52,63-64H,5-38,65-66H2,1-4H3. The summed E-state index contributed by atoms with van der Waals surface area (Å²) >= 11 is 0. The lowest BCUT2D eigenvalue weighted by molar-refractivity contribution is 0.524. The summed E-state index contributed by atoms with van der Waals surface area (Å²) < 4.78 is 0. The third kappa shape index (κ3) is 22.5. The molecule has 0 saturated heterocycles.